The lowest BCUT2D eigenvalue weighted by molar-refractivity contribution is 0.0696. The topological polar surface area (TPSA) is 50.2 Å². The second kappa shape index (κ2) is 2.79. The average molecular weight is 181 g/mol. The van der Waals surface area contributed by atoms with E-state index in [1.165, 1.54) is 6.20 Å². The van der Waals surface area contributed by atoms with Crippen LogP contribution in [0.1, 0.15) is 21.6 Å². The summed E-state index contributed by atoms with van der Waals surface area (Å²) in [7, 11) is 0. The SMILES string of the molecule is O=C(O)c1cnc2c(c1)CSC2. The van der Waals surface area contributed by atoms with Crippen molar-refractivity contribution in [3.05, 3.63) is 29.1 Å². The van der Waals surface area contributed by atoms with Crippen LogP contribution in [0.2, 0.25) is 0 Å². The zero-order valence-corrected chi connectivity index (χ0v) is 7.10. The van der Waals surface area contributed by atoms with Gasteiger partial charge in [0.05, 0.1) is 11.3 Å². The lowest BCUT2D eigenvalue weighted by atomic mass is 10.2. The van der Waals surface area contributed by atoms with Crippen molar-refractivity contribution >= 4 is 17.7 Å². The molecule has 0 atom stereocenters. The number of thioether (sulfide) groups is 1. The molecule has 1 aliphatic heterocycles. The molecule has 12 heavy (non-hydrogen) atoms. The van der Waals surface area contributed by atoms with Crippen LogP contribution in [-0.4, -0.2) is 16.1 Å². The van der Waals surface area contributed by atoms with Crippen LogP contribution in [0.5, 0.6) is 0 Å². The molecule has 3 nitrogen and oxygen atoms in total. The largest absolute Gasteiger partial charge is 0.478 e. The fourth-order valence-electron chi connectivity index (χ4n) is 1.17. The predicted octanol–water partition coefficient (Wildman–Crippen LogP) is 1.53. The van der Waals surface area contributed by atoms with Gasteiger partial charge < -0.3 is 5.11 Å². The van der Waals surface area contributed by atoms with Gasteiger partial charge in [-0.1, -0.05) is 0 Å². The first-order chi connectivity index (χ1) is 5.77. The molecule has 0 amide bonds. The van der Waals surface area contributed by atoms with Gasteiger partial charge in [0, 0.05) is 17.7 Å². The number of carbonyl (C=O) groups is 1. The number of carboxylic acids is 1. The molecule has 2 heterocycles. The number of carboxylic acid groups (broad SMARTS) is 1. The predicted molar refractivity (Wildman–Crippen MR) is 46.2 cm³/mol. The maximum Gasteiger partial charge on any atom is 0.337 e. The van der Waals surface area contributed by atoms with Crippen molar-refractivity contribution in [3.8, 4) is 0 Å². The highest BCUT2D eigenvalue weighted by molar-refractivity contribution is 7.98. The van der Waals surface area contributed by atoms with Crippen molar-refractivity contribution in [2.75, 3.05) is 0 Å². The van der Waals surface area contributed by atoms with Gasteiger partial charge >= 0.3 is 5.97 Å². The maximum atomic E-state index is 10.6. The molecular weight excluding hydrogens is 174 g/mol. The van der Waals surface area contributed by atoms with Gasteiger partial charge in [0.25, 0.3) is 0 Å². The first-order valence-corrected chi connectivity index (χ1v) is 4.71. The molecule has 0 aromatic carbocycles. The Morgan fingerprint density at radius 2 is 2.42 bits per heavy atom. The van der Waals surface area contributed by atoms with Gasteiger partial charge in [-0.25, -0.2) is 4.79 Å². The van der Waals surface area contributed by atoms with Gasteiger partial charge in [-0.05, 0) is 11.6 Å². The summed E-state index contributed by atoms with van der Waals surface area (Å²) in [4.78, 5) is 14.6. The Bertz CT molecular complexity index is 338. The molecule has 0 bridgehead atoms. The van der Waals surface area contributed by atoms with E-state index in [0.29, 0.717) is 0 Å². The minimum absolute atomic E-state index is 0.288. The van der Waals surface area contributed by atoms with Crippen LogP contribution in [0.25, 0.3) is 0 Å². The molecule has 0 spiro atoms. The molecule has 1 aromatic heterocycles. The monoisotopic (exact) mass is 181 g/mol. The van der Waals surface area contributed by atoms with E-state index in [1.807, 2.05) is 0 Å². The molecule has 4 heteroatoms. The van der Waals surface area contributed by atoms with Crippen molar-refractivity contribution in [2.45, 2.75) is 11.5 Å². The Kier molecular flexibility index (Phi) is 1.77. The average Bonchev–Trinajstić information content (AvgIpc) is 2.49. The molecule has 0 radical (unpaired) electrons. The van der Waals surface area contributed by atoms with Crippen molar-refractivity contribution in [3.63, 3.8) is 0 Å². The van der Waals surface area contributed by atoms with Crippen molar-refractivity contribution < 1.29 is 9.90 Å². The van der Waals surface area contributed by atoms with E-state index in [0.717, 1.165) is 22.8 Å². The zero-order chi connectivity index (χ0) is 8.55. The summed E-state index contributed by atoms with van der Waals surface area (Å²) < 4.78 is 0. The normalized spacial score (nSPS) is 14.3. The molecular formula is C8H7NO2S. The minimum Gasteiger partial charge on any atom is -0.478 e. The zero-order valence-electron chi connectivity index (χ0n) is 6.28. The van der Waals surface area contributed by atoms with Crippen LogP contribution in [0.3, 0.4) is 0 Å². The van der Waals surface area contributed by atoms with Crippen molar-refractivity contribution in [1.82, 2.24) is 4.98 Å². The summed E-state index contributed by atoms with van der Waals surface area (Å²) in [5, 5.41) is 8.67. The van der Waals surface area contributed by atoms with Crippen LogP contribution in [-0.2, 0) is 11.5 Å². The number of hydrogen-bond acceptors (Lipinski definition) is 3. The Balaban J connectivity index is 2.45. The van der Waals surface area contributed by atoms with Crippen LogP contribution >= 0.6 is 11.8 Å². The Labute approximate surface area is 73.8 Å². The number of hydrogen-bond donors (Lipinski definition) is 1. The van der Waals surface area contributed by atoms with E-state index < -0.39 is 5.97 Å². The van der Waals surface area contributed by atoms with Crippen molar-refractivity contribution in [2.24, 2.45) is 0 Å². The molecule has 1 aliphatic rings. The number of pyridine rings is 1. The van der Waals surface area contributed by atoms with E-state index >= 15 is 0 Å². The van der Waals surface area contributed by atoms with Gasteiger partial charge in [0.2, 0.25) is 0 Å². The first-order valence-electron chi connectivity index (χ1n) is 3.56. The number of aromatic nitrogens is 1. The maximum absolute atomic E-state index is 10.6. The second-order valence-electron chi connectivity index (χ2n) is 2.63. The number of fused-ring (bicyclic) bond motifs is 1. The fraction of sp³-hybridized carbons (Fsp3) is 0.250. The molecule has 2 rings (SSSR count). The van der Waals surface area contributed by atoms with Crippen LogP contribution in [0, 0.1) is 0 Å². The van der Waals surface area contributed by atoms with E-state index in [2.05, 4.69) is 4.98 Å². The summed E-state index contributed by atoms with van der Waals surface area (Å²) in [6, 6.07) is 1.71. The van der Waals surface area contributed by atoms with Gasteiger partial charge in [0.15, 0.2) is 0 Å². The molecule has 1 aromatic rings. The number of aromatic carboxylic acids is 1. The van der Waals surface area contributed by atoms with Crippen LogP contribution in [0.4, 0.5) is 0 Å². The highest BCUT2D eigenvalue weighted by atomic mass is 32.2. The van der Waals surface area contributed by atoms with E-state index in [9.17, 15) is 4.79 Å². The third kappa shape index (κ3) is 1.18. The first kappa shape index (κ1) is 7.61. The van der Waals surface area contributed by atoms with Crippen molar-refractivity contribution in [1.29, 1.82) is 0 Å². The van der Waals surface area contributed by atoms with E-state index in [-0.39, 0.29) is 5.56 Å². The summed E-state index contributed by atoms with van der Waals surface area (Å²) >= 11 is 1.77. The molecule has 0 aliphatic carbocycles. The summed E-state index contributed by atoms with van der Waals surface area (Å²) in [6.07, 6.45) is 1.42. The van der Waals surface area contributed by atoms with Gasteiger partial charge in [-0.3, -0.25) is 4.98 Å². The number of nitrogens with zero attached hydrogens (tertiary/aromatic N) is 1. The van der Waals surface area contributed by atoms with Gasteiger partial charge in [-0.2, -0.15) is 11.8 Å². The Hall–Kier alpha value is -1.03. The van der Waals surface area contributed by atoms with E-state index in [4.69, 9.17) is 5.11 Å². The third-order valence-electron chi connectivity index (χ3n) is 1.80. The standard InChI is InChI=1S/C8H7NO2S/c10-8(11)5-1-6-3-12-4-7(6)9-2-5/h1-2H,3-4H2,(H,10,11). The Morgan fingerprint density at radius 1 is 1.58 bits per heavy atom. The number of rotatable bonds is 1. The smallest absolute Gasteiger partial charge is 0.337 e. The second-order valence-corrected chi connectivity index (χ2v) is 3.61. The highest BCUT2D eigenvalue weighted by Crippen LogP contribution is 2.28. The minimum atomic E-state index is -0.901. The molecule has 62 valence electrons. The lowest BCUT2D eigenvalue weighted by Crippen LogP contribution is -1.99. The van der Waals surface area contributed by atoms with Crippen LogP contribution in [0.15, 0.2) is 12.3 Å². The van der Waals surface area contributed by atoms with Gasteiger partial charge in [-0.15, -0.1) is 0 Å². The van der Waals surface area contributed by atoms with Gasteiger partial charge in [0.1, 0.15) is 0 Å². The molecule has 0 saturated heterocycles. The molecule has 0 saturated carbocycles. The summed E-state index contributed by atoms with van der Waals surface area (Å²) in [5.41, 5.74) is 2.39. The molecule has 0 unspecified atom stereocenters. The third-order valence-corrected chi connectivity index (χ3v) is 2.80. The summed E-state index contributed by atoms with van der Waals surface area (Å²) in [5.74, 6) is 0.904. The fourth-order valence-corrected chi connectivity index (χ4v) is 2.19. The quantitative estimate of drug-likeness (QED) is 0.713. The van der Waals surface area contributed by atoms with E-state index in [1.54, 1.807) is 17.8 Å². The highest BCUT2D eigenvalue weighted by Gasteiger charge is 2.14. The van der Waals surface area contributed by atoms with Crippen LogP contribution < -0.4 is 0 Å². The summed E-state index contributed by atoms with van der Waals surface area (Å²) in [6.45, 7) is 0. The molecule has 0 fully saturated rings. The Morgan fingerprint density at radius 3 is 3.17 bits per heavy atom. The lowest BCUT2D eigenvalue weighted by Gasteiger charge is -1.97. The molecule has 1 N–H and O–H groups in total.